The summed E-state index contributed by atoms with van der Waals surface area (Å²) in [6.45, 7) is 9.05. The van der Waals surface area contributed by atoms with Gasteiger partial charge in [0.1, 0.15) is 0 Å². The zero-order chi connectivity index (χ0) is 23.9. The number of nitrogens with zero attached hydrogens (tertiary/aromatic N) is 1. The summed E-state index contributed by atoms with van der Waals surface area (Å²) in [5.41, 5.74) is 6.24. The molecule has 0 aromatic heterocycles. The maximum atomic E-state index is 6.77. The van der Waals surface area contributed by atoms with Crippen molar-refractivity contribution in [2.45, 2.75) is 32.9 Å². The van der Waals surface area contributed by atoms with Crippen LogP contribution in [0.1, 0.15) is 38.3 Å². The molecule has 0 bridgehead atoms. The Morgan fingerprint density at radius 3 is 2.12 bits per heavy atom. The zero-order valence-electron chi connectivity index (χ0n) is 19.8. The molecule has 3 aliphatic rings. The molecule has 0 N–H and O–H groups in total. The van der Waals surface area contributed by atoms with Crippen LogP contribution in [0.5, 0.6) is 0 Å². The van der Waals surface area contributed by atoms with E-state index in [4.69, 9.17) is 14.2 Å². The number of ether oxygens (including phenoxy) is 3. The predicted molar refractivity (Wildman–Crippen MR) is 128 cm³/mol. The predicted octanol–water partition coefficient (Wildman–Crippen LogP) is 4.73. The van der Waals surface area contributed by atoms with E-state index in [9.17, 15) is 0 Å². The van der Waals surface area contributed by atoms with Gasteiger partial charge in [0, 0.05) is 0 Å². The minimum absolute atomic E-state index is 0.286. The summed E-state index contributed by atoms with van der Waals surface area (Å²) in [5, 5.41) is 0. The van der Waals surface area contributed by atoms with Gasteiger partial charge in [-0.2, -0.15) is 0 Å². The fourth-order valence-electron chi connectivity index (χ4n) is 5.91. The normalized spacial score (nSPS) is 25.7. The van der Waals surface area contributed by atoms with Gasteiger partial charge < -0.3 is 0 Å². The van der Waals surface area contributed by atoms with Crippen molar-refractivity contribution in [3.05, 3.63) is 82.9 Å². The van der Waals surface area contributed by atoms with Crippen molar-refractivity contribution in [1.29, 1.82) is 0 Å². The van der Waals surface area contributed by atoms with E-state index in [1.165, 1.54) is 28.0 Å². The Kier molecular flexibility index (Phi) is 6.71. The van der Waals surface area contributed by atoms with Crippen LogP contribution in [0.2, 0.25) is 0 Å². The van der Waals surface area contributed by atoms with E-state index in [-0.39, 0.29) is 5.41 Å². The van der Waals surface area contributed by atoms with Gasteiger partial charge in [0.25, 0.3) is 0 Å². The molecule has 2 aromatic rings. The van der Waals surface area contributed by atoms with Crippen LogP contribution >= 0.6 is 0 Å². The molecule has 1 aliphatic carbocycles. The van der Waals surface area contributed by atoms with E-state index in [1.807, 2.05) is 13.8 Å². The molecule has 1 fully saturated rings. The van der Waals surface area contributed by atoms with E-state index in [0.717, 1.165) is 27.7 Å². The number of hydrogen-bond acceptors (Lipinski definition) is 4. The van der Waals surface area contributed by atoms with Crippen molar-refractivity contribution in [2.75, 3.05) is 26.4 Å². The van der Waals surface area contributed by atoms with Crippen LogP contribution in [0, 0.1) is 5.41 Å². The van der Waals surface area contributed by atoms with E-state index < -0.39 is 5.72 Å². The number of hydrogen-bond donors (Lipinski definition) is 0. The summed E-state index contributed by atoms with van der Waals surface area (Å²) in [6, 6.07) is 21.2. The van der Waals surface area contributed by atoms with Gasteiger partial charge in [0.15, 0.2) is 0 Å². The molecule has 1 saturated heterocycles. The number of rotatable bonds is 8. The van der Waals surface area contributed by atoms with Crippen molar-refractivity contribution < 1.29 is 45.9 Å². The fourth-order valence-corrected chi connectivity index (χ4v) is 6.92. The van der Waals surface area contributed by atoms with E-state index >= 15 is 0 Å². The first-order chi connectivity index (χ1) is 16.5. The molecule has 0 saturated carbocycles. The standard InChI is InChI=1S/C28H29NO3.2Cr/c1-4-30-19-23-18-27(3)25(21-12-8-6-9-13-21)24(20-31-5-2)28(27)29(16-17-32-28)26(23)22-14-10-7-11-15-22;;/h6-15H,4-5,16-18H2,1-3H3;;. The van der Waals surface area contributed by atoms with Crippen LogP contribution in [-0.2, 0) is 45.9 Å². The third-order valence-electron chi connectivity index (χ3n) is 7.09. The monoisotopic (exact) mass is 531 g/mol. The maximum absolute atomic E-state index is 6.77. The van der Waals surface area contributed by atoms with Crippen LogP contribution in [-0.4, -0.2) is 46.1 Å². The van der Waals surface area contributed by atoms with E-state index in [2.05, 4.69) is 104 Å². The number of benzene rings is 2. The summed E-state index contributed by atoms with van der Waals surface area (Å²) in [4.78, 5) is 2.45. The van der Waals surface area contributed by atoms with Crippen LogP contribution in [0.25, 0.3) is 11.3 Å². The summed E-state index contributed by atoms with van der Waals surface area (Å²) in [5.74, 6) is 0. The zero-order valence-corrected chi connectivity index (χ0v) is 22.3. The molecular formula is C28H29Cr2NO3. The summed E-state index contributed by atoms with van der Waals surface area (Å²) in [7, 11) is 0. The molecule has 5 rings (SSSR count). The quantitative estimate of drug-likeness (QED) is 0.493. The molecule has 2 unspecified atom stereocenters. The van der Waals surface area contributed by atoms with Gasteiger partial charge in [-0.15, -0.1) is 0 Å². The molecular weight excluding hydrogens is 502 g/mol. The summed E-state index contributed by atoms with van der Waals surface area (Å²) >= 11 is 6.45. The van der Waals surface area contributed by atoms with Crippen molar-refractivity contribution in [1.82, 2.24) is 4.90 Å². The molecule has 4 nitrogen and oxygen atoms in total. The first-order valence-electron chi connectivity index (χ1n) is 11.8. The molecule has 0 amide bonds. The van der Waals surface area contributed by atoms with Crippen LogP contribution < -0.4 is 0 Å². The minimum atomic E-state index is -0.602. The molecule has 176 valence electrons. The third kappa shape index (κ3) is 3.44. The van der Waals surface area contributed by atoms with Crippen LogP contribution in [0.4, 0.5) is 0 Å². The van der Waals surface area contributed by atoms with Crippen molar-refractivity contribution in [3.63, 3.8) is 0 Å². The Balaban J connectivity index is 1.77. The molecule has 1 spiro atoms. The van der Waals surface area contributed by atoms with Crippen molar-refractivity contribution in [2.24, 2.45) is 5.41 Å². The van der Waals surface area contributed by atoms with Crippen LogP contribution in [0.15, 0.2) is 71.8 Å². The first-order valence-corrected chi connectivity index (χ1v) is 13.1. The van der Waals surface area contributed by atoms with E-state index in [1.54, 1.807) is 0 Å². The van der Waals surface area contributed by atoms with Gasteiger partial charge >= 0.3 is 219 Å². The van der Waals surface area contributed by atoms with Gasteiger partial charge in [0.05, 0.1) is 0 Å². The van der Waals surface area contributed by atoms with Gasteiger partial charge in [-0.1, -0.05) is 0 Å². The first kappa shape index (κ1) is 24.1. The van der Waals surface area contributed by atoms with Crippen molar-refractivity contribution in [3.8, 4) is 0 Å². The second-order valence-electron chi connectivity index (χ2n) is 8.90. The fraction of sp³-hybridized carbons (Fsp3) is 0.357. The average molecular weight is 532 g/mol. The van der Waals surface area contributed by atoms with Gasteiger partial charge in [-0.3, -0.25) is 0 Å². The topological polar surface area (TPSA) is 30.9 Å². The summed E-state index contributed by atoms with van der Waals surface area (Å²) in [6.07, 6.45) is 0.795. The summed E-state index contributed by atoms with van der Waals surface area (Å²) < 4.78 is 20.6. The molecule has 34 heavy (non-hydrogen) atoms. The van der Waals surface area contributed by atoms with E-state index in [0.29, 0.717) is 19.8 Å². The average Bonchev–Trinajstić information content (AvgIpc) is 3.30. The van der Waals surface area contributed by atoms with Crippen molar-refractivity contribution >= 4 is 20.4 Å². The Labute approximate surface area is 218 Å². The Bertz CT molecular complexity index is 1190. The molecule has 2 aromatic carbocycles. The molecule has 2 atom stereocenters. The Morgan fingerprint density at radius 2 is 1.50 bits per heavy atom. The van der Waals surface area contributed by atoms with Crippen LogP contribution in [0.3, 0.4) is 0 Å². The Hall–Kier alpha value is -1.60. The second-order valence-corrected chi connectivity index (χ2v) is 10.1. The Morgan fingerprint density at radius 1 is 0.912 bits per heavy atom. The van der Waals surface area contributed by atoms with Gasteiger partial charge in [0.2, 0.25) is 0 Å². The molecule has 2 heterocycles. The van der Waals surface area contributed by atoms with Gasteiger partial charge in [-0.25, -0.2) is 0 Å². The molecule has 2 aliphatic heterocycles. The third-order valence-corrected chi connectivity index (χ3v) is 8.16. The SMILES string of the molecule is CCO[C](=[Cr])C1=C(c2ccccc2)N2CCOC23C([C](=[Cr])OCC)=C(c2ccccc2)C3(C)C1. The second kappa shape index (κ2) is 9.46. The van der Waals surface area contributed by atoms with Gasteiger partial charge in [-0.05, 0) is 0 Å². The molecule has 6 heteroatoms. The molecule has 0 radical (unpaired) electrons.